The predicted octanol–water partition coefficient (Wildman–Crippen LogP) is 2.81. The molecule has 6 nitrogen and oxygen atoms in total. The summed E-state index contributed by atoms with van der Waals surface area (Å²) in [7, 11) is -3.70. The van der Waals surface area contributed by atoms with Gasteiger partial charge in [-0.1, -0.05) is 0 Å². The minimum Gasteiger partial charge on any atom is -0.394 e. The van der Waals surface area contributed by atoms with Crippen molar-refractivity contribution < 1.29 is 32.5 Å². The summed E-state index contributed by atoms with van der Waals surface area (Å²) in [5, 5.41) is 29.3. The number of aliphatic hydroxyl groups excluding tert-OH is 2. The third kappa shape index (κ3) is 2.29. The molecule has 4 rings (SSSR count). The van der Waals surface area contributed by atoms with E-state index >= 15 is 0 Å². The zero-order valence-electron chi connectivity index (χ0n) is 14.1. The van der Waals surface area contributed by atoms with E-state index in [9.17, 15) is 32.5 Å². The first-order valence-electron chi connectivity index (χ1n) is 8.53. The number of benzene rings is 1. The predicted molar refractivity (Wildman–Crippen MR) is 91.9 cm³/mol. The van der Waals surface area contributed by atoms with Crippen LogP contribution in [0.15, 0.2) is 18.2 Å². The zero-order chi connectivity index (χ0) is 19.8. The first kappa shape index (κ1) is 18.8. The molecule has 1 aliphatic heterocycles. The minimum atomic E-state index is -4.76. The Morgan fingerprint density at radius 2 is 1.96 bits per heavy atom. The number of nitriles is 1. The molecule has 10 heteroatoms. The molecule has 2 aliphatic carbocycles. The fourth-order valence-corrected chi connectivity index (χ4v) is 8.06. The van der Waals surface area contributed by atoms with E-state index in [1.54, 1.807) is 0 Å². The third-order valence-electron chi connectivity index (χ3n) is 6.53. The molecule has 1 heterocycles. The number of halogens is 3. The standard InChI is InChI=1S/C17H19F3N2O4S/c18-17(19,20)12-5-11(2-1-9(12)6-21)22-7-14-10-3-13(15(24)4-10)16(14,8-23)27(22,25)26/h1-2,5,10,13-15,23-26H,3-4,7-8H2/t10-,13+,14+,15+,16-/m1/s1. The van der Waals surface area contributed by atoms with Gasteiger partial charge < -0.3 is 10.2 Å². The Morgan fingerprint density at radius 3 is 2.56 bits per heavy atom. The number of anilines is 1. The van der Waals surface area contributed by atoms with Gasteiger partial charge in [-0.15, -0.1) is 10.8 Å². The first-order valence-corrected chi connectivity index (χ1v) is 10.0. The molecule has 4 N–H and O–H groups in total. The van der Waals surface area contributed by atoms with Crippen molar-refractivity contribution in [3.8, 4) is 6.07 Å². The van der Waals surface area contributed by atoms with Crippen LogP contribution < -0.4 is 4.31 Å². The SMILES string of the molecule is N#Cc1ccc(N2C[C@H]3[C@H]4C[C@H](O)[C@H](C4)[C@@]3(CO)S2(O)O)cc1C(F)(F)F. The van der Waals surface area contributed by atoms with Crippen LogP contribution in [-0.4, -0.2) is 43.3 Å². The van der Waals surface area contributed by atoms with E-state index in [1.807, 2.05) is 0 Å². The van der Waals surface area contributed by atoms with E-state index in [1.165, 1.54) is 12.1 Å². The van der Waals surface area contributed by atoms with Crippen LogP contribution in [0.3, 0.4) is 0 Å². The Morgan fingerprint density at radius 1 is 1.26 bits per heavy atom. The lowest BCUT2D eigenvalue weighted by molar-refractivity contribution is -0.137. The van der Waals surface area contributed by atoms with Gasteiger partial charge in [0, 0.05) is 18.4 Å². The average molecular weight is 404 g/mol. The molecule has 0 radical (unpaired) electrons. The van der Waals surface area contributed by atoms with Gasteiger partial charge in [0.15, 0.2) is 0 Å². The number of aliphatic hydroxyl groups is 2. The van der Waals surface area contributed by atoms with Gasteiger partial charge in [-0.2, -0.15) is 18.4 Å². The lowest BCUT2D eigenvalue weighted by Gasteiger charge is -2.52. The smallest absolute Gasteiger partial charge is 0.394 e. The van der Waals surface area contributed by atoms with Crippen molar-refractivity contribution in [2.24, 2.45) is 17.8 Å². The van der Waals surface area contributed by atoms with Crippen molar-refractivity contribution in [3.63, 3.8) is 0 Å². The summed E-state index contributed by atoms with van der Waals surface area (Å²) in [6, 6.07) is 4.51. The molecule has 3 fully saturated rings. The van der Waals surface area contributed by atoms with Crippen molar-refractivity contribution in [2.45, 2.75) is 29.9 Å². The summed E-state index contributed by atoms with van der Waals surface area (Å²) in [4.78, 5) is 0. The van der Waals surface area contributed by atoms with Crippen molar-refractivity contribution >= 4 is 16.5 Å². The Kier molecular flexibility index (Phi) is 4.01. The van der Waals surface area contributed by atoms with E-state index in [2.05, 4.69) is 0 Å². The summed E-state index contributed by atoms with van der Waals surface area (Å²) >= 11 is 0. The molecule has 2 bridgehead atoms. The maximum Gasteiger partial charge on any atom is 0.417 e. The molecule has 27 heavy (non-hydrogen) atoms. The summed E-state index contributed by atoms with van der Waals surface area (Å²) in [6.45, 7) is -0.475. The molecule has 1 aromatic rings. The molecule has 0 unspecified atom stereocenters. The Balaban J connectivity index is 1.80. The van der Waals surface area contributed by atoms with Gasteiger partial charge in [0.1, 0.15) is 4.75 Å². The van der Waals surface area contributed by atoms with Crippen LogP contribution in [0.5, 0.6) is 0 Å². The lowest BCUT2D eigenvalue weighted by Crippen LogP contribution is -2.52. The Hall–Kier alpha value is -1.51. The molecular weight excluding hydrogens is 385 g/mol. The fraction of sp³-hybridized carbons (Fsp3) is 0.588. The third-order valence-corrected chi connectivity index (χ3v) is 9.26. The van der Waals surface area contributed by atoms with E-state index in [0.717, 1.165) is 16.4 Å². The summed E-state index contributed by atoms with van der Waals surface area (Å²) < 4.78 is 61.7. The number of nitrogens with zero attached hydrogens (tertiary/aromatic N) is 2. The van der Waals surface area contributed by atoms with Gasteiger partial charge in [0.05, 0.1) is 35.6 Å². The molecule has 1 saturated heterocycles. The molecule has 5 atom stereocenters. The first-order chi connectivity index (χ1) is 12.6. The van der Waals surface area contributed by atoms with E-state index in [0.29, 0.717) is 12.8 Å². The summed E-state index contributed by atoms with van der Waals surface area (Å²) in [5.41, 5.74) is -1.75. The van der Waals surface area contributed by atoms with Crippen LogP contribution in [0.2, 0.25) is 0 Å². The fourth-order valence-electron chi connectivity index (χ4n) is 5.37. The second kappa shape index (κ2) is 5.75. The molecule has 0 amide bonds. The number of alkyl halides is 3. The molecule has 0 spiro atoms. The number of rotatable bonds is 2. The van der Waals surface area contributed by atoms with Crippen molar-refractivity contribution in [1.82, 2.24) is 0 Å². The molecule has 0 aromatic heterocycles. The quantitative estimate of drug-likeness (QED) is 0.604. The van der Waals surface area contributed by atoms with Gasteiger partial charge >= 0.3 is 6.18 Å². The molecular formula is C17H19F3N2O4S. The Labute approximate surface area is 155 Å². The van der Waals surface area contributed by atoms with Crippen LogP contribution in [-0.2, 0) is 6.18 Å². The molecule has 2 saturated carbocycles. The maximum atomic E-state index is 13.3. The van der Waals surface area contributed by atoms with Crippen LogP contribution in [0.25, 0.3) is 0 Å². The lowest BCUT2D eigenvalue weighted by atomic mass is 9.77. The topological polar surface area (TPSA) is 108 Å². The van der Waals surface area contributed by atoms with Gasteiger partial charge in [0.25, 0.3) is 0 Å². The maximum absolute atomic E-state index is 13.3. The van der Waals surface area contributed by atoms with Crippen molar-refractivity contribution in [2.75, 3.05) is 17.5 Å². The van der Waals surface area contributed by atoms with Gasteiger partial charge in [0.2, 0.25) is 0 Å². The highest BCUT2D eigenvalue weighted by Crippen LogP contribution is 2.76. The monoisotopic (exact) mass is 404 g/mol. The Bertz CT molecular complexity index is 827. The van der Waals surface area contributed by atoms with E-state index in [-0.39, 0.29) is 24.1 Å². The largest absolute Gasteiger partial charge is 0.417 e. The van der Waals surface area contributed by atoms with Crippen molar-refractivity contribution in [1.29, 1.82) is 5.26 Å². The van der Waals surface area contributed by atoms with Gasteiger partial charge in [-0.25, -0.2) is 0 Å². The van der Waals surface area contributed by atoms with E-state index < -0.39 is 51.5 Å². The average Bonchev–Trinajstić information content (AvgIpc) is 3.20. The normalized spacial score (nSPS) is 37.9. The highest BCUT2D eigenvalue weighted by atomic mass is 32.3. The highest BCUT2D eigenvalue weighted by Gasteiger charge is 2.72. The van der Waals surface area contributed by atoms with Gasteiger partial charge in [-0.3, -0.25) is 13.4 Å². The van der Waals surface area contributed by atoms with Gasteiger partial charge in [-0.05, 0) is 37.0 Å². The summed E-state index contributed by atoms with van der Waals surface area (Å²) in [6.07, 6.45) is -4.47. The number of fused-ring (bicyclic) bond motifs is 5. The zero-order valence-corrected chi connectivity index (χ0v) is 14.9. The molecule has 3 aliphatic rings. The van der Waals surface area contributed by atoms with Crippen molar-refractivity contribution in [3.05, 3.63) is 29.3 Å². The van der Waals surface area contributed by atoms with Crippen LogP contribution in [0, 0.1) is 29.1 Å². The molecule has 148 valence electrons. The summed E-state index contributed by atoms with van der Waals surface area (Å²) in [5.74, 6) is -0.854. The second-order valence-corrected chi connectivity index (χ2v) is 9.78. The van der Waals surface area contributed by atoms with E-state index in [4.69, 9.17) is 5.26 Å². The minimum absolute atomic E-state index is 0.0196. The second-order valence-electron chi connectivity index (χ2n) is 7.54. The molecule has 1 aromatic carbocycles. The number of hydrogen-bond acceptors (Lipinski definition) is 6. The highest BCUT2D eigenvalue weighted by molar-refractivity contribution is 8.26. The van der Waals surface area contributed by atoms with Crippen LogP contribution >= 0.6 is 10.8 Å². The van der Waals surface area contributed by atoms with Crippen LogP contribution in [0.4, 0.5) is 18.9 Å². The number of hydrogen-bond donors (Lipinski definition) is 4. The van der Waals surface area contributed by atoms with Crippen LogP contribution in [0.1, 0.15) is 24.0 Å².